The number of aryl methyl sites for hydroxylation is 1. The lowest BCUT2D eigenvalue weighted by Crippen LogP contribution is -2.11. The first-order chi connectivity index (χ1) is 12.2. The summed E-state index contributed by atoms with van der Waals surface area (Å²) in [6.45, 7) is 1.82. The van der Waals surface area contributed by atoms with Gasteiger partial charge >= 0.3 is 0 Å². The summed E-state index contributed by atoms with van der Waals surface area (Å²) in [7, 11) is 0. The van der Waals surface area contributed by atoms with E-state index in [9.17, 15) is 4.79 Å². The van der Waals surface area contributed by atoms with E-state index in [4.69, 9.17) is 0 Å². The third kappa shape index (κ3) is 3.22. The maximum atomic E-state index is 12.4. The van der Waals surface area contributed by atoms with Gasteiger partial charge in [0.1, 0.15) is 4.88 Å². The number of fused-ring (bicyclic) bond motifs is 1. The van der Waals surface area contributed by atoms with Crippen LogP contribution in [0.1, 0.15) is 15.4 Å². The van der Waals surface area contributed by atoms with Crippen LogP contribution in [0.2, 0.25) is 0 Å². The molecule has 0 aliphatic carbocycles. The van der Waals surface area contributed by atoms with Gasteiger partial charge in [0.05, 0.1) is 16.7 Å². The van der Waals surface area contributed by atoms with Crippen LogP contribution in [0.4, 0.5) is 16.8 Å². The van der Waals surface area contributed by atoms with E-state index < -0.39 is 0 Å². The Balaban J connectivity index is 1.54. The summed E-state index contributed by atoms with van der Waals surface area (Å²) in [4.78, 5) is 25.1. The van der Waals surface area contributed by atoms with Crippen LogP contribution in [0, 0.1) is 6.92 Å². The van der Waals surface area contributed by atoms with Crippen LogP contribution in [-0.2, 0) is 0 Å². The summed E-state index contributed by atoms with van der Waals surface area (Å²) in [5.41, 5.74) is 3.25. The molecule has 1 amide bonds. The fraction of sp³-hybridized carbons (Fsp3) is 0.0556. The van der Waals surface area contributed by atoms with E-state index in [1.165, 1.54) is 11.3 Å². The van der Waals surface area contributed by atoms with Gasteiger partial charge in [0.25, 0.3) is 5.91 Å². The number of nitrogens with one attached hydrogen (secondary N) is 3. The topological polar surface area (TPSA) is 82.7 Å². The number of nitrogens with zero attached hydrogens (tertiary/aromatic N) is 2. The number of hydrogen-bond acceptors (Lipinski definition) is 5. The Kier molecular flexibility index (Phi) is 3.91. The van der Waals surface area contributed by atoms with Crippen LogP contribution >= 0.6 is 11.3 Å². The van der Waals surface area contributed by atoms with Crippen molar-refractivity contribution >= 4 is 45.0 Å². The fourth-order valence-electron chi connectivity index (χ4n) is 2.48. The summed E-state index contributed by atoms with van der Waals surface area (Å²) in [6, 6.07) is 17.1. The zero-order valence-corrected chi connectivity index (χ0v) is 14.2. The lowest BCUT2D eigenvalue weighted by molar-refractivity contribution is 0.103. The molecule has 0 saturated heterocycles. The normalized spacial score (nSPS) is 10.8. The van der Waals surface area contributed by atoms with E-state index in [0.717, 1.165) is 16.7 Å². The monoisotopic (exact) mass is 349 g/mol. The van der Waals surface area contributed by atoms with Gasteiger partial charge in [0.2, 0.25) is 5.95 Å². The molecule has 2 aromatic carbocycles. The van der Waals surface area contributed by atoms with Crippen molar-refractivity contribution < 1.29 is 4.79 Å². The highest BCUT2D eigenvalue weighted by atomic mass is 32.1. The number of carbonyl (C=O) groups excluding carboxylic acids is 1. The van der Waals surface area contributed by atoms with Crippen LogP contribution in [0.5, 0.6) is 0 Å². The molecule has 0 saturated carbocycles. The lowest BCUT2D eigenvalue weighted by Gasteiger charge is -2.02. The van der Waals surface area contributed by atoms with E-state index in [1.54, 1.807) is 0 Å². The number of benzene rings is 2. The average molecular weight is 349 g/mol. The van der Waals surface area contributed by atoms with Gasteiger partial charge in [-0.05, 0) is 31.2 Å². The number of rotatable bonds is 4. The smallest absolute Gasteiger partial charge is 0.267 e. The number of hydrogen-bond donors (Lipinski definition) is 3. The quantitative estimate of drug-likeness (QED) is 0.512. The van der Waals surface area contributed by atoms with E-state index in [0.29, 0.717) is 21.7 Å². The third-order valence-corrected chi connectivity index (χ3v) is 4.72. The second-order valence-corrected chi connectivity index (χ2v) is 6.48. The molecule has 0 aliphatic heterocycles. The van der Waals surface area contributed by atoms with Crippen molar-refractivity contribution in [2.75, 3.05) is 10.6 Å². The highest BCUT2D eigenvalue weighted by molar-refractivity contribution is 7.17. The molecule has 0 spiro atoms. The minimum Gasteiger partial charge on any atom is -0.324 e. The van der Waals surface area contributed by atoms with Crippen LogP contribution in [0.15, 0.2) is 54.6 Å². The Morgan fingerprint density at radius 1 is 1.04 bits per heavy atom. The van der Waals surface area contributed by atoms with Crippen molar-refractivity contribution in [2.45, 2.75) is 6.92 Å². The van der Waals surface area contributed by atoms with Gasteiger partial charge in [-0.1, -0.05) is 41.7 Å². The molecule has 0 atom stereocenters. The average Bonchev–Trinajstić information content (AvgIpc) is 3.18. The highest BCUT2D eigenvalue weighted by Crippen LogP contribution is 2.26. The maximum absolute atomic E-state index is 12.4. The summed E-state index contributed by atoms with van der Waals surface area (Å²) in [5, 5.41) is 6.63. The number of amides is 1. The molecule has 0 fully saturated rings. The Morgan fingerprint density at radius 3 is 2.60 bits per heavy atom. The first-order valence-corrected chi connectivity index (χ1v) is 8.56. The zero-order chi connectivity index (χ0) is 17.2. The van der Waals surface area contributed by atoms with E-state index in [1.807, 2.05) is 61.5 Å². The lowest BCUT2D eigenvalue weighted by atomic mass is 10.3. The molecule has 3 N–H and O–H groups in total. The molecule has 0 bridgehead atoms. The van der Waals surface area contributed by atoms with Crippen molar-refractivity contribution in [3.8, 4) is 0 Å². The first kappa shape index (κ1) is 15.3. The fourth-order valence-corrected chi connectivity index (χ4v) is 3.34. The number of thiazole rings is 1. The number of aromatic amines is 1. The largest absolute Gasteiger partial charge is 0.324 e. The first-order valence-electron chi connectivity index (χ1n) is 7.74. The standard InChI is InChI=1S/C18H15N5OS/c1-11-15(16(24)20-12-7-3-2-4-8-12)25-18(19-11)23-17-21-13-9-5-6-10-14(13)22-17/h2-10H,1H3,(H,20,24)(H2,19,21,22,23). The Labute approximate surface area is 148 Å². The molecule has 2 heterocycles. The minimum absolute atomic E-state index is 0.168. The van der Waals surface area contributed by atoms with Crippen molar-refractivity contribution in [1.82, 2.24) is 15.0 Å². The Morgan fingerprint density at radius 2 is 1.80 bits per heavy atom. The van der Waals surface area contributed by atoms with Crippen LogP contribution in [0.25, 0.3) is 11.0 Å². The van der Waals surface area contributed by atoms with Gasteiger partial charge in [-0.2, -0.15) is 0 Å². The number of H-pyrrole nitrogens is 1. The molecule has 7 heteroatoms. The maximum Gasteiger partial charge on any atom is 0.267 e. The van der Waals surface area contributed by atoms with Gasteiger partial charge < -0.3 is 15.6 Å². The summed E-state index contributed by atoms with van der Waals surface area (Å²) < 4.78 is 0. The molecule has 2 aromatic heterocycles. The number of carbonyl (C=O) groups is 1. The van der Waals surface area contributed by atoms with Crippen molar-refractivity contribution in [2.24, 2.45) is 0 Å². The Hall–Kier alpha value is -3.19. The van der Waals surface area contributed by atoms with Gasteiger partial charge in [-0.15, -0.1) is 0 Å². The third-order valence-electron chi connectivity index (χ3n) is 3.65. The number of imidazole rings is 1. The number of aromatic nitrogens is 3. The van der Waals surface area contributed by atoms with Gasteiger partial charge in [0.15, 0.2) is 5.13 Å². The summed E-state index contributed by atoms with van der Waals surface area (Å²) in [6.07, 6.45) is 0. The molecule has 0 aliphatic rings. The van der Waals surface area contributed by atoms with Gasteiger partial charge in [-0.3, -0.25) is 4.79 Å². The van der Waals surface area contributed by atoms with Crippen molar-refractivity contribution in [3.05, 3.63) is 65.2 Å². The second-order valence-electron chi connectivity index (χ2n) is 5.48. The molecule has 6 nitrogen and oxygen atoms in total. The molecule has 25 heavy (non-hydrogen) atoms. The van der Waals surface area contributed by atoms with Crippen LogP contribution < -0.4 is 10.6 Å². The van der Waals surface area contributed by atoms with E-state index in [-0.39, 0.29) is 5.91 Å². The summed E-state index contributed by atoms with van der Waals surface area (Å²) in [5.74, 6) is 0.434. The SMILES string of the molecule is Cc1nc(Nc2nc3ccccc3[nH]2)sc1C(=O)Nc1ccccc1. The van der Waals surface area contributed by atoms with Crippen molar-refractivity contribution in [3.63, 3.8) is 0 Å². The van der Waals surface area contributed by atoms with E-state index in [2.05, 4.69) is 25.6 Å². The van der Waals surface area contributed by atoms with Crippen LogP contribution in [-0.4, -0.2) is 20.9 Å². The second kappa shape index (κ2) is 6.37. The number of para-hydroxylation sites is 3. The van der Waals surface area contributed by atoms with E-state index >= 15 is 0 Å². The van der Waals surface area contributed by atoms with Crippen molar-refractivity contribution in [1.29, 1.82) is 0 Å². The molecular weight excluding hydrogens is 334 g/mol. The Bertz CT molecular complexity index is 1010. The highest BCUT2D eigenvalue weighted by Gasteiger charge is 2.16. The molecule has 124 valence electrons. The predicted octanol–water partition coefficient (Wildman–Crippen LogP) is 4.32. The number of anilines is 3. The van der Waals surface area contributed by atoms with Gasteiger partial charge in [-0.25, -0.2) is 9.97 Å². The van der Waals surface area contributed by atoms with Crippen LogP contribution in [0.3, 0.4) is 0 Å². The molecular formula is C18H15N5OS. The molecule has 0 radical (unpaired) electrons. The predicted molar refractivity (Wildman–Crippen MR) is 101 cm³/mol. The molecule has 4 rings (SSSR count). The van der Waals surface area contributed by atoms with Gasteiger partial charge in [0, 0.05) is 5.69 Å². The molecule has 4 aromatic rings. The summed E-state index contributed by atoms with van der Waals surface area (Å²) >= 11 is 1.30. The molecule has 0 unspecified atom stereocenters. The zero-order valence-electron chi connectivity index (χ0n) is 13.4. The minimum atomic E-state index is -0.168.